The van der Waals surface area contributed by atoms with Crippen molar-refractivity contribution in [3.05, 3.63) is 17.5 Å². The molecule has 1 aliphatic heterocycles. The van der Waals surface area contributed by atoms with E-state index in [4.69, 9.17) is 4.52 Å². The van der Waals surface area contributed by atoms with Gasteiger partial charge in [-0.1, -0.05) is 19.0 Å². The first kappa shape index (κ1) is 13.5. The minimum atomic E-state index is -3.16. The molecule has 2 rings (SSSR count). The lowest BCUT2D eigenvalue weighted by Gasteiger charge is -2.20. The van der Waals surface area contributed by atoms with Crippen molar-refractivity contribution in [3.63, 3.8) is 0 Å². The quantitative estimate of drug-likeness (QED) is 0.843. The third kappa shape index (κ3) is 2.44. The Morgan fingerprint density at radius 1 is 1.56 bits per heavy atom. The molecule has 0 N–H and O–H groups in total. The molecule has 1 atom stereocenters. The molecule has 1 aromatic heterocycles. The summed E-state index contributed by atoms with van der Waals surface area (Å²) in [5, 5.41) is 4.01. The molecule has 0 aromatic carbocycles. The van der Waals surface area contributed by atoms with Crippen LogP contribution in [-0.4, -0.2) is 30.2 Å². The number of hydrogen-bond donors (Lipinski definition) is 0. The summed E-state index contributed by atoms with van der Waals surface area (Å²) in [6.45, 7) is 6.33. The summed E-state index contributed by atoms with van der Waals surface area (Å²) in [6, 6.07) is 1.72. The fourth-order valence-corrected chi connectivity index (χ4v) is 3.59. The number of aromatic nitrogens is 1. The van der Waals surface area contributed by atoms with Crippen molar-refractivity contribution in [2.24, 2.45) is 0 Å². The second-order valence-corrected chi connectivity index (χ2v) is 7.19. The molecule has 0 bridgehead atoms. The molecule has 18 heavy (non-hydrogen) atoms. The van der Waals surface area contributed by atoms with Crippen LogP contribution in [0.5, 0.6) is 0 Å². The van der Waals surface area contributed by atoms with Gasteiger partial charge in [-0.2, -0.15) is 4.31 Å². The van der Waals surface area contributed by atoms with Gasteiger partial charge in [-0.05, 0) is 25.7 Å². The molecule has 0 saturated carbocycles. The van der Waals surface area contributed by atoms with Crippen molar-refractivity contribution >= 4 is 10.0 Å². The maximum absolute atomic E-state index is 12.0. The Bertz CT molecular complexity index is 507. The van der Waals surface area contributed by atoms with E-state index in [1.54, 1.807) is 11.2 Å². The summed E-state index contributed by atoms with van der Waals surface area (Å²) in [5.41, 5.74) is 0.880. The van der Waals surface area contributed by atoms with Crippen LogP contribution < -0.4 is 0 Å². The van der Waals surface area contributed by atoms with Crippen LogP contribution in [0.3, 0.4) is 0 Å². The topological polar surface area (TPSA) is 63.4 Å². The predicted molar refractivity (Wildman–Crippen MR) is 68.7 cm³/mol. The van der Waals surface area contributed by atoms with Gasteiger partial charge in [-0.25, -0.2) is 8.42 Å². The highest BCUT2D eigenvalue weighted by Gasteiger charge is 2.36. The van der Waals surface area contributed by atoms with Crippen molar-refractivity contribution in [1.29, 1.82) is 0 Å². The Balaban J connectivity index is 2.26. The molecular formula is C12H20N2O3S. The van der Waals surface area contributed by atoms with Crippen molar-refractivity contribution in [1.82, 2.24) is 9.46 Å². The number of nitrogens with zero attached hydrogens (tertiary/aromatic N) is 2. The lowest BCUT2D eigenvalue weighted by molar-refractivity contribution is 0.296. The number of sulfonamides is 1. The zero-order chi connectivity index (χ0) is 13.3. The number of hydrogen-bond acceptors (Lipinski definition) is 4. The molecule has 6 heteroatoms. The first-order valence-electron chi connectivity index (χ1n) is 6.41. The Labute approximate surface area is 108 Å². The van der Waals surface area contributed by atoms with Gasteiger partial charge in [0.25, 0.3) is 0 Å². The van der Waals surface area contributed by atoms with E-state index in [2.05, 4.69) is 5.16 Å². The smallest absolute Gasteiger partial charge is 0.214 e. The maximum atomic E-state index is 12.0. The van der Waals surface area contributed by atoms with Gasteiger partial charge >= 0.3 is 0 Å². The molecule has 5 nitrogen and oxygen atoms in total. The molecule has 2 heterocycles. The van der Waals surface area contributed by atoms with E-state index in [1.165, 1.54) is 0 Å². The average molecular weight is 272 g/mol. The third-order valence-electron chi connectivity index (χ3n) is 3.39. The van der Waals surface area contributed by atoms with Crippen LogP contribution in [0.15, 0.2) is 10.6 Å². The van der Waals surface area contributed by atoms with Gasteiger partial charge in [0, 0.05) is 12.6 Å². The summed E-state index contributed by atoms with van der Waals surface area (Å²) < 4.78 is 30.9. The predicted octanol–water partition coefficient (Wildman–Crippen LogP) is 2.28. The van der Waals surface area contributed by atoms with E-state index in [9.17, 15) is 8.42 Å². The molecule has 0 radical (unpaired) electrons. The van der Waals surface area contributed by atoms with E-state index < -0.39 is 10.0 Å². The molecule has 102 valence electrons. The largest absolute Gasteiger partial charge is 0.359 e. The van der Waals surface area contributed by atoms with E-state index >= 15 is 0 Å². The van der Waals surface area contributed by atoms with Crippen LogP contribution in [0.2, 0.25) is 0 Å². The van der Waals surface area contributed by atoms with Crippen LogP contribution in [0.4, 0.5) is 0 Å². The normalized spacial score (nSPS) is 21.9. The molecule has 1 aromatic rings. The maximum Gasteiger partial charge on any atom is 0.214 e. The summed E-state index contributed by atoms with van der Waals surface area (Å²) in [4.78, 5) is 0. The van der Waals surface area contributed by atoms with Gasteiger partial charge in [-0.15, -0.1) is 0 Å². The van der Waals surface area contributed by atoms with E-state index in [1.807, 2.05) is 19.9 Å². The highest BCUT2D eigenvalue weighted by molar-refractivity contribution is 7.89. The summed E-state index contributed by atoms with van der Waals surface area (Å²) >= 11 is 0. The first-order valence-corrected chi connectivity index (χ1v) is 8.02. The van der Waals surface area contributed by atoms with Crippen molar-refractivity contribution < 1.29 is 12.9 Å². The van der Waals surface area contributed by atoms with Crippen LogP contribution in [-0.2, 0) is 10.0 Å². The minimum absolute atomic E-state index is 0.134. The Hall–Kier alpha value is -0.880. The zero-order valence-corrected chi connectivity index (χ0v) is 11.9. The standard InChI is InChI=1S/C12H20N2O3S/c1-4-18(15,16)14-7-5-6-11(14)12-8-10(9(2)3)13-17-12/h8-9,11H,4-7H2,1-3H3. The van der Waals surface area contributed by atoms with Crippen molar-refractivity contribution in [3.8, 4) is 0 Å². The van der Waals surface area contributed by atoms with Crippen LogP contribution in [0, 0.1) is 0 Å². The molecule has 0 spiro atoms. The SMILES string of the molecule is CCS(=O)(=O)N1CCCC1c1cc(C(C)C)no1. The number of rotatable bonds is 4. The highest BCUT2D eigenvalue weighted by Crippen LogP contribution is 2.35. The van der Waals surface area contributed by atoms with Gasteiger partial charge in [-0.3, -0.25) is 0 Å². The Kier molecular flexibility index (Phi) is 3.77. The molecule has 0 aliphatic carbocycles. The fourth-order valence-electron chi connectivity index (χ4n) is 2.26. The lowest BCUT2D eigenvalue weighted by Crippen LogP contribution is -2.31. The van der Waals surface area contributed by atoms with Gasteiger partial charge in [0.05, 0.1) is 17.5 Å². The van der Waals surface area contributed by atoms with Crippen LogP contribution in [0.25, 0.3) is 0 Å². The van der Waals surface area contributed by atoms with Gasteiger partial charge in [0.2, 0.25) is 10.0 Å². The summed E-state index contributed by atoms with van der Waals surface area (Å²) in [6.07, 6.45) is 1.69. The van der Waals surface area contributed by atoms with Crippen LogP contribution in [0.1, 0.15) is 57.0 Å². The van der Waals surface area contributed by atoms with Gasteiger partial charge < -0.3 is 4.52 Å². The molecule has 1 aliphatic rings. The lowest BCUT2D eigenvalue weighted by atomic mass is 10.1. The minimum Gasteiger partial charge on any atom is -0.359 e. The zero-order valence-electron chi connectivity index (χ0n) is 11.1. The molecule has 0 amide bonds. The average Bonchev–Trinajstić information content (AvgIpc) is 2.97. The summed E-state index contributed by atoms with van der Waals surface area (Å²) in [7, 11) is -3.16. The highest BCUT2D eigenvalue weighted by atomic mass is 32.2. The molecule has 1 fully saturated rings. The van der Waals surface area contributed by atoms with Gasteiger partial charge in [0.15, 0.2) is 5.76 Å². The molecular weight excluding hydrogens is 252 g/mol. The first-order chi connectivity index (χ1) is 8.45. The second-order valence-electron chi connectivity index (χ2n) is 4.98. The van der Waals surface area contributed by atoms with E-state index in [0.29, 0.717) is 18.2 Å². The Morgan fingerprint density at radius 3 is 2.83 bits per heavy atom. The fraction of sp³-hybridized carbons (Fsp3) is 0.750. The second kappa shape index (κ2) is 5.01. The van der Waals surface area contributed by atoms with Crippen molar-refractivity contribution in [2.45, 2.75) is 45.6 Å². The summed E-state index contributed by atoms with van der Waals surface area (Å²) in [5.74, 6) is 1.10. The molecule has 1 saturated heterocycles. The van der Waals surface area contributed by atoms with E-state index in [-0.39, 0.29) is 11.8 Å². The monoisotopic (exact) mass is 272 g/mol. The van der Waals surface area contributed by atoms with Gasteiger partial charge in [0.1, 0.15) is 0 Å². The van der Waals surface area contributed by atoms with E-state index in [0.717, 1.165) is 18.5 Å². The third-order valence-corrected chi connectivity index (χ3v) is 5.27. The van der Waals surface area contributed by atoms with Crippen molar-refractivity contribution in [2.75, 3.05) is 12.3 Å². The molecule has 1 unspecified atom stereocenters. The Morgan fingerprint density at radius 2 is 2.28 bits per heavy atom. The van der Waals surface area contributed by atoms with Crippen LogP contribution >= 0.6 is 0 Å².